The summed E-state index contributed by atoms with van der Waals surface area (Å²) in [5.41, 5.74) is -0.119. The van der Waals surface area contributed by atoms with Crippen LogP contribution in [0, 0.1) is 24.4 Å². The lowest BCUT2D eigenvalue weighted by molar-refractivity contribution is 0.108. The molecule has 24 heavy (non-hydrogen) atoms. The molecule has 0 saturated carbocycles. The first-order valence-electron chi connectivity index (χ1n) is 7.11. The number of carbonyl (C=O) groups is 1. The first-order valence-corrected chi connectivity index (χ1v) is 8.10. The van der Waals surface area contributed by atoms with Gasteiger partial charge in [0.25, 0.3) is 0 Å². The fourth-order valence-electron chi connectivity index (χ4n) is 2.07. The minimum absolute atomic E-state index is 0.0622. The lowest BCUT2D eigenvalue weighted by atomic mass is 10.1. The Labute approximate surface area is 142 Å². The lowest BCUT2D eigenvalue weighted by Gasteiger charge is -2.13. The van der Waals surface area contributed by atoms with Crippen LogP contribution in [0.3, 0.4) is 0 Å². The SMILES string of the molecule is C=Cc1c(F)c(C)c(OCCSC(=O)c2ccccc2)c(F)c1F. The molecule has 0 radical (unpaired) electrons. The maximum absolute atomic E-state index is 14.0. The Balaban J connectivity index is 2.00. The zero-order chi connectivity index (χ0) is 17.7. The van der Waals surface area contributed by atoms with Gasteiger partial charge in [-0.1, -0.05) is 54.7 Å². The highest BCUT2D eigenvalue weighted by molar-refractivity contribution is 8.14. The number of hydrogen-bond donors (Lipinski definition) is 0. The largest absolute Gasteiger partial charge is 0.489 e. The third kappa shape index (κ3) is 3.82. The molecule has 2 aromatic rings. The van der Waals surface area contributed by atoms with E-state index in [1.807, 2.05) is 0 Å². The fraction of sp³-hybridized carbons (Fsp3) is 0.167. The second kappa shape index (κ2) is 8.06. The average molecular weight is 352 g/mol. The van der Waals surface area contributed by atoms with Crippen LogP contribution in [0.15, 0.2) is 36.9 Å². The van der Waals surface area contributed by atoms with E-state index in [0.717, 1.165) is 17.8 Å². The summed E-state index contributed by atoms with van der Waals surface area (Å²) in [5.74, 6) is -3.77. The molecule has 0 N–H and O–H groups in total. The molecule has 2 nitrogen and oxygen atoms in total. The van der Waals surface area contributed by atoms with E-state index >= 15 is 0 Å². The monoisotopic (exact) mass is 352 g/mol. The Bertz CT molecular complexity index is 732. The van der Waals surface area contributed by atoms with Gasteiger partial charge < -0.3 is 4.74 Å². The predicted octanol–water partition coefficient (Wildman–Crippen LogP) is 5.01. The molecule has 0 fully saturated rings. The van der Waals surface area contributed by atoms with Crippen molar-refractivity contribution in [2.45, 2.75) is 6.92 Å². The molecule has 0 amide bonds. The van der Waals surface area contributed by atoms with Crippen LogP contribution in [0.2, 0.25) is 0 Å². The fourth-order valence-corrected chi connectivity index (χ4v) is 2.72. The lowest BCUT2D eigenvalue weighted by Crippen LogP contribution is -2.09. The first kappa shape index (κ1) is 18.1. The van der Waals surface area contributed by atoms with Crippen molar-refractivity contribution in [3.05, 3.63) is 71.1 Å². The number of ether oxygens (including phenoxy) is 1. The van der Waals surface area contributed by atoms with E-state index in [4.69, 9.17) is 4.74 Å². The van der Waals surface area contributed by atoms with Crippen molar-refractivity contribution in [3.63, 3.8) is 0 Å². The number of benzene rings is 2. The van der Waals surface area contributed by atoms with Gasteiger partial charge in [0.2, 0.25) is 10.9 Å². The summed E-state index contributed by atoms with van der Waals surface area (Å²) < 4.78 is 46.8. The highest BCUT2D eigenvalue weighted by Gasteiger charge is 2.22. The molecule has 126 valence electrons. The zero-order valence-electron chi connectivity index (χ0n) is 12.9. The van der Waals surface area contributed by atoms with Gasteiger partial charge in [0, 0.05) is 22.4 Å². The summed E-state index contributed by atoms with van der Waals surface area (Å²) in [6, 6.07) is 8.65. The molecule has 0 saturated heterocycles. The van der Waals surface area contributed by atoms with E-state index in [1.54, 1.807) is 30.3 Å². The summed E-state index contributed by atoms with van der Waals surface area (Å²) >= 11 is 0.987. The predicted molar refractivity (Wildman–Crippen MR) is 89.9 cm³/mol. The molecule has 0 aliphatic rings. The van der Waals surface area contributed by atoms with E-state index in [2.05, 4.69) is 6.58 Å². The van der Waals surface area contributed by atoms with Crippen LogP contribution in [-0.4, -0.2) is 17.5 Å². The van der Waals surface area contributed by atoms with Crippen molar-refractivity contribution in [1.29, 1.82) is 0 Å². The van der Waals surface area contributed by atoms with Gasteiger partial charge >= 0.3 is 0 Å². The molecule has 0 bridgehead atoms. The van der Waals surface area contributed by atoms with Crippen LogP contribution in [0.4, 0.5) is 13.2 Å². The van der Waals surface area contributed by atoms with E-state index in [0.29, 0.717) is 5.56 Å². The molecular weight excluding hydrogens is 337 g/mol. The minimum atomic E-state index is -1.34. The van der Waals surface area contributed by atoms with Crippen LogP contribution in [0.25, 0.3) is 6.08 Å². The van der Waals surface area contributed by atoms with Crippen LogP contribution >= 0.6 is 11.8 Å². The minimum Gasteiger partial charge on any atom is -0.489 e. The summed E-state index contributed by atoms with van der Waals surface area (Å²) in [6.45, 7) is 4.49. The van der Waals surface area contributed by atoms with Gasteiger partial charge in [0.05, 0.1) is 6.61 Å². The van der Waals surface area contributed by atoms with Gasteiger partial charge in [-0.25, -0.2) is 8.78 Å². The Morgan fingerprint density at radius 3 is 2.46 bits per heavy atom. The number of halogens is 3. The molecule has 0 aliphatic heterocycles. The van der Waals surface area contributed by atoms with Crippen molar-refractivity contribution in [1.82, 2.24) is 0 Å². The average Bonchev–Trinajstić information content (AvgIpc) is 2.60. The summed E-state index contributed by atoms with van der Waals surface area (Å²) in [5, 5.41) is -0.157. The van der Waals surface area contributed by atoms with Gasteiger partial charge in [-0.2, -0.15) is 4.39 Å². The van der Waals surface area contributed by atoms with Gasteiger partial charge in [-0.05, 0) is 6.92 Å². The zero-order valence-corrected chi connectivity index (χ0v) is 13.8. The highest BCUT2D eigenvalue weighted by atomic mass is 32.2. The van der Waals surface area contributed by atoms with Crippen LogP contribution < -0.4 is 4.74 Å². The quantitative estimate of drug-likeness (QED) is 0.540. The van der Waals surface area contributed by atoms with Gasteiger partial charge in [0.15, 0.2) is 11.6 Å². The molecule has 0 spiro atoms. The summed E-state index contributed by atoms with van der Waals surface area (Å²) in [4.78, 5) is 11.9. The third-order valence-corrected chi connectivity index (χ3v) is 4.18. The van der Waals surface area contributed by atoms with Crippen LogP contribution in [-0.2, 0) is 0 Å². The van der Waals surface area contributed by atoms with Gasteiger partial charge in [-0.3, -0.25) is 4.79 Å². The highest BCUT2D eigenvalue weighted by Crippen LogP contribution is 2.31. The molecule has 2 rings (SSSR count). The van der Waals surface area contributed by atoms with Crippen LogP contribution in [0.1, 0.15) is 21.5 Å². The Morgan fingerprint density at radius 2 is 1.83 bits per heavy atom. The molecule has 0 heterocycles. The molecular formula is C18H15F3O2S. The Hall–Kier alpha value is -2.21. The molecule has 0 atom stereocenters. The van der Waals surface area contributed by atoms with Crippen molar-refractivity contribution >= 4 is 23.0 Å². The standard InChI is InChI=1S/C18H15F3O2S/c1-3-13-14(19)11(2)17(16(21)15(13)20)23-9-10-24-18(22)12-7-5-4-6-8-12/h3-8H,1,9-10H2,2H3. The molecule has 0 aliphatic carbocycles. The van der Waals surface area contributed by atoms with Crippen molar-refractivity contribution < 1.29 is 22.7 Å². The molecule has 0 aromatic heterocycles. The van der Waals surface area contributed by atoms with E-state index in [9.17, 15) is 18.0 Å². The van der Waals surface area contributed by atoms with E-state index in [-0.39, 0.29) is 23.0 Å². The normalized spacial score (nSPS) is 10.5. The van der Waals surface area contributed by atoms with Crippen molar-refractivity contribution in [2.75, 3.05) is 12.4 Å². The summed E-state index contributed by atoms with van der Waals surface area (Å²) in [6.07, 6.45) is 0.916. The van der Waals surface area contributed by atoms with Crippen molar-refractivity contribution in [2.24, 2.45) is 0 Å². The summed E-state index contributed by atoms with van der Waals surface area (Å²) in [7, 11) is 0. The van der Waals surface area contributed by atoms with Crippen molar-refractivity contribution in [3.8, 4) is 5.75 Å². The number of rotatable bonds is 6. The maximum atomic E-state index is 14.0. The number of thioether (sulfide) groups is 1. The Morgan fingerprint density at radius 1 is 1.17 bits per heavy atom. The second-order valence-electron chi connectivity index (χ2n) is 4.86. The molecule has 6 heteroatoms. The Kier molecular flexibility index (Phi) is 6.09. The second-order valence-corrected chi connectivity index (χ2v) is 5.93. The van der Waals surface area contributed by atoms with Gasteiger partial charge in [0.1, 0.15) is 5.82 Å². The van der Waals surface area contributed by atoms with Crippen LogP contribution in [0.5, 0.6) is 5.75 Å². The first-order chi connectivity index (χ1) is 11.5. The van der Waals surface area contributed by atoms with E-state index < -0.39 is 28.8 Å². The number of carbonyl (C=O) groups excluding carboxylic acids is 1. The van der Waals surface area contributed by atoms with E-state index in [1.165, 1.54) is 6.92 Å². The van der Waals surface area contributed by atoms with Gasteiger partial charge in [-0.15, -0.1) is 0 Å². The maximum Gasteiger partial charge on any atom is 0.219 e. The topological polar surface area (TPSA) is 26.3 Å². The third-order valence-electron chi connectivity index (χ3n) is 3.31. The molecule has 0 unspecified atom stereocenters. The number of hydrogen-bond acceptors (Lipinski definition) is 3. The molecule has 2 aromatic carbocycles. The smallest absolute Gasteiger partial charge is 0.219 e.